The van der Waals surface area contributed by atoms with Gasteiger partial charge in [0.05, 0.1) is 12.7 Å². The van der Waals surface area contributed by atoms with Crippen molar-refractivity contribution in [1.29, 1.82) is 0 Å². The van der Waals surface area contributed by atoms with Crippen LogP contribution in [0.25, 0.3) is 0 Å². The van der Waals surface area contributed by atoms with Crippen molar-refractivity contribution >= 4 is 17.4 Å². The van der Waals surface area contributed by atoms with Gasteiger partial charge in [0.15, 0.2) is 0 Å². The summed E-state index contributed by atoms with van der Waals surface area (Å²) in [6.45, 7) is 12.5. The Morgan fingerprint density at radius 1 is 1.15 bits per heavy atom. The molecular formula is C20H29N5O. The van der Waals surface area contributed by atoms with E-state index >= 15 is 0 Å². The number of nitrogens with one attached hydrogen (secondary N) is 1. The van der Waals surface area contributed by atoms with Crippen LogP contribution in [0.5, 0.6) is 0 Å². The van der Waals surface area contributed by atoms with Gasteiger partial charge in [0.1, 0.15) is 5.82 Å². The first-order chi connectivity index (χ1) is 12.5. The Bertz CT molecular complexity index is 759. The summed E-state index contributed by atoms with van der Waals surface area (Å²) in [6.07, 6.45) is 1.72. The second kappa shape index (κ2) is 7.91. The molecule has 1 amide bonds. The molecule has 0 unspecified atom stereocenters. The molecule has 0 saturated carbocycles. The van der Waals surface area contributed by atoms with Gasteiger partial charge in [-0.1, -0.05) is 12.1 Å². The highest BCUT2D eigenvalue weighted by molar-refractivity contribution is 5.91. The van der Waals surface area contributed by atoms with E-state index < -0.39 is 0 Å². The molecule has 1 aromatic heterocycles. The summed E-state index contributed by atoms with van der Waals surface area (Å²) in [5.41, 5.74) is 3.99. The Morgan fingerprint density at radius 3 is 2.58 bits per heavy atom. The van der Waals surface area contributed by atoms with E-state index in [9.17, 15) is 4.79 Å². The van der Waals surface area contributed by atoms with E-state index in [2.05, 4.69) is 66.1 Å². The molecule has 0 radical (unpaired) electrons. The minimum absolute atomic E-state index is 0.0209. The number of hydrogen-bond acceptors (Lipinski definition) is 4. The van der Waals surface area contributed by atoms with Crippen LogP contribution in [0.3, 0.4) is 0 Å². The number of aromatic nitrogens is 2. The number of rotatable bonds is 5. The van der Waals surface area contributed by atoms with E-state index in [1.807, 2.05) is 10.7 Å². The van der Waals surface area contributed by atoms with E-state index in [1.165, 1.54) is 16.8 Å². The summed E-state index contributed by atoms with van der Waals surface area (Å²) >= 11 is 0. The lowest BCUT2D eigenvalue weighted by molar-refractivity contribution is -0.117. The SMILES string of the molecule is Cc1cccc(N2CCN(CC(=O)Nc3ccnn3C(C)C)CC2)c1C. The van der Waals surface area contributed by atoms with Crippen molar-refractivity contribution in [1.82, 2.24) is 14.7 Å². The molecule has 1 fully saturated rings. The molecule has 0 bridgehead atoms. The van der Waals surface area contributed by atoms with Crippen molar-refractivity contribution in [3.8, 4) is 0 Å². The van der Waals surface area contributed by atoms with Gasteiger partial charge < -0.3 is 10.2 Å². The first-order valence-corrected chi connectivity index (χ1v) is 9.32. The van der Waals surface area contributed by atoms with Gasteiger partial charge in [0, 0.05) is 44.0 Å². The lowest BCUT2D eigenvalue weighted by Gasteiger charge is -2.36. The molecule has 6 nitrogen and oxygen atoms in total. The van der Waals surface area contributed by atoms with Gasteiger partial charge in [0.25, 0.3) is 0 Å². The van der Waals surface area contributed by atoms with Crippen LogP contribution in [0.4, 0.5) is 11.5 Å². The number of aryl methyl sites for hydroxylation is 1. The molecule has 1 saturated heterocycles. The van der Waals surface area contributed by atoms with Gasteiger partial charge >= 0.3 is 0 Å². The minimum Gasteiger partial charge on any atom is -0.369 e. The Balaban J connectivity index is 1.53. The van der Waals surface area contributed by atoms with Crippen molar-refractivity contribution in [2.75, 3.05) is 42.9 Å². The zero-order valence-corrected chi connectivity index (χ0v) is 16.2. The number of piperazine rings is 1. The van der Waals surface area contributed by atoms with Crippen molar-refractivity contribution in [2.24, 2.45) is 0 Å². The Morgan fingerprint density at radius 2 is 1.88 bits per heavy atom. The van der Waals surface area contributed by atoms with Gasteiger partial charge in [0.2, 0.25) is 5.91 Å². The van der Waals surface area contributed by atoms with Crippen LogP contribution in [0.2, 0.25) is 0 Å². The van der Waals surface area contributed by atoms with Gasteiger partial charge in [-0.15, -0.1) is 0 Å². The Hall–Kier alpha value is -2.34. The van der Waals surface area contributed by atoms with Crippen molar-refractivity contribution in [3.05, 3.63) is 41.6 Å². The van der Waals surface area contributed by atoms with Crippen LogP contribution in [0.15, 0.2) is 30.5 Å². The standard InChI is InChI=1S/C20H29N5O/c1-15(2)25-19(8-9-21-25)22-20(26)14-23-10-12-24(13-11-23)18-7-5-6-16(3)17(18)4/h5-9,15H,10-14H2,1-4H3,(H,22,26). The van der Waals surface area contributed by atoms with Gasteiger partial charge in [-0.05, 0) is 44.9 Å². The molecule has 26 heavy (non-hydrogen) atoms. The average Bonchev–Trinajstić information content (AvgIpc) is 3.06. The van der Waals surface area contributed by atoms with Gasteiger partial charge in [-0.3, -0.25) is 9.69 Å². The lowest BCUT2D eigenvalue weighted by atomic mass is 10.1. The van der Waals surface area contributed by atoms with Crippen LogP contribution >= 0.6 is 0 Å². The van der Waals surface area contributed by atoms with E-state index in [0.717, 1.165) is 32.0 Å². The lowest BCUT2D eigenvalue weighted by Crippen LogP contribution is -2.49. The number of benzene rings is 1. The summed E-state index contributed by atoms with van der Waals surface area (Å²) in [5.74, 6) is 0.784. The molecule has 1 aliphatic heterocycles. The zero-order valence-electron chi connectivity index (χ0n) is 16.2. The van der Waals surface area contributed by atoms with E-state index in [1.54, 1.807) is 6.20 Å². The number of nitrogens with zero attached hydrogens (tertiary/aromatic N) is 4. The number of anilines is 2. The van der Waals surface area contributed by atoms with Crippen LogP contribution in [-0.4, -0.2) is 53.3 Å². The van der Waals surface area contributed by atoms with Crippen LogP contribution in [0.1, 0.15) is 31.0 Å². The molecule has 0 spiro atoms. The largest absolute Gasteiger partial charge is 0.369 e. The van der Waals surface area contributed by atoms with Crippen molar-refractivity contribution in [2.45, 2.75) is 33.7 Å². The number of carbonyl (C=O) groups is 1. The number of amides is 1. The summed E-state index contributed by atoms with van der Waals surface area (Å²) < 4.78 is 1.83. The third-order valence-electron chi connectivity index (χ3n) is 5.08. The molecule has 1 aliphatic rings. The summed E-state index contributed by atoms with van der Waals surface area (Å²) in [4.78, 5) is 17.0. The number of carbonyl (C=O) groups excluding carboxylic acids is 1. The highest BCUT2D eigenvalue weighted by Gasteiger charge is 2.21. The molecule has 0 atom stereocenters. The molecule has 140 valence electrons. The summed E-state index contributed by atoms with van der Waals surface area (Å²) in [6, 6.07) is 8.53. The van der Waals surface area contributed by atoms with Crippen molar-refractivity contribution in [3.63, 3.8) is 0 Å². The van der Waals surface area contributed by atoms with Crippen LogP contribution in [0, 0.1) is 13.8 Å². The fraction of sp³-hybridized carbons (Fsp3) is 0.500. The van der Waals surface area contributed by atoms with E-state index in [0.29, 0.717) is 6.54 Å². The quantitative estimate of drug-likeness (QED) is 0.896. The maximum atomic E-state index is 12.4. The van der Waals surface area contributed by atoms with E-state index in [4.69, 9.17) is 0 Å². The fourth-order valence-corrected chi connectivity index (χ4v) is 3.44. The minimum atomic E-state index is 0.0209. The molecule has 2 aromatic rings. The molecule has 1 aromatic carbocycles. The molecule has 1 N–H and O–H groups in total. The molecule has 6 heteroatoms. The summed E-state index contributed by atoms with van der Waals surface area (Å²) in [5, 5.41) is 7.24. The first kappa shape index (κ1) is 18.5. The second-order valence-corrected chi connectivity index (χ2v) is 7.29. The molecule has 3 rings (SSSR count). The first-order valence-electron chi connectivity index (χ1n) is 9.32. The highest BCUT2D eigenvalue weighted by Crippen LogP contribution is 2.23. The van der Waals surface area contributed by atoms with Gasteiger partial charge in [-0.2, -0.15) is 5.10 Å². The maximum Gasteiger partial charge on any atom is 0.239 e. The highest BCUT2D eigenvalue weighted by atomic mass is 16.2. The topological polar surface area (TPSA) is 53.4 Å². The van der Waals surface area contributed by atoms with Crippen LogP contribution < -0.4 is 10.2 Å². The zero-order chi connectivity index (χ0) is 18.7. The van der Waals surface area contributed by atoms with E-state index in [-0.39, 0.29) is 11.9 Å². The van der Waals surface area contributed by atoms with Gasteiger partial charge in [-0.25, -0.2) is 4.68 Å². The average molecular weight is 355 g/mol. The Labute approximate surface area is 155 Å². The fourth-order valence-electron chi connectivity index (χ4n) is 3.44. The summed E-state index contributed by atoms with van der Waals surface area (Å²) in [7, 11) is 0. The molecule has 2 heterocycles. The predicted octanol–water partition coefficient (Wildman–Crippen LogP) is 2.84. The third-order valence-corrected chi connectivity index (χ3v) is 5.08. The van der Waals surface area contributed by atoms with Crippen molar-refractivity contribution < 1.29 is 4.79 Å². The smallest absolute Gasteiger partial charge is 0.239 e. The van der Waals surface area contributed by atoms with Crippen LogP contribution in [-0.2, 0) is 4.79 Å². The molecular weight excluding hydrogens is 326 g/mol. The molecule has 0 aliphatic carbocycles. The Kier molecular flexibility index (Phi) is 5.61. The predicted molar refractivity (Wildman–Crippen MR) is 106 cm³/mol. The number of hydrogen-bond donors (Lipinski definition) is 1. The third kappa shape index (κ3) is 4.07. The monoisotopic (exact) mass is 355 g/mol. The maximum absolute atomic E-state index is 12.4. The second-order valence-electron chi connectivity index (χ2n) is 7.29. The normalized spacial score (nSPS) is 15.5.